The van der Waals surface area contributed by atoms with E-state index in [1.54, 1.807) is 0 Å². The van der Waals surface area contributed by atoms with Crippen molar-refractivity contribution >= 4 is 22.6 Å². The number of carboxylic acids is 1. The topological polar surface area (TPSA) is 37.3 Å². The highest BCUT2D eigenvalue weighted by Gasteiger charge is 2.00. The highest BCUT2D eigenvalue weighted by molar-refractivity contribution is 6.50. The fourth-order valence-corrected chi connectivity index (χ4v) is 1.02. The molecule has 1 aromatic carbocycles. The zero-order valence-electron chi connectivity index (χ0n) is 6.50. The molecular weight excluding hydrogens is 195 g/mol. The molecule has 68 valence electrons. The number of hydrogen-bond donors (Lipinski definition) is 1. The van der Waals surface area contributed by atoms with Gasteiger partial charge in [0, 0.05) is 6.08 Å². The third kappa shape index (κ3) is 2.87. The average molecular weight is 201 g/mol. The summed E-state index contributed by atoms with van der Waals surface area (Å²) in [7, 11) is 0. The summed E-state index contributed by atoms with van der Waals surface area (Å²) in [6.07, 6.45) is 0.856. The van der Waals surface area contributed by atoms with Gasteiger partial charge in [0.2, 0.25) is 0 Å². The van der Waals surface area contributed by atoms with Crippen molar-refractivity contribution < 1.29 is 14.3 Å². The first kappa shape index (κ1) is 9.74. The van der Waals surface area contributed by atoms with Gasteiger partial charge in [-0.25, -0.2) is 9.18 Å². The summed E-state index contributed by atoms with van der Waals surface area (Å²) in [6, 6.07) is 5.26. The van der Waals surface area contributed by atoms with Crippen molar-refractivity contribution in [1.82, 2.24) is 0 Å². The third-order valence-corrected chi connectivity index (χ3v) is 1.70. The van der Waals surface area contributed by atoms with Gasteiger partial charge in [-0.05, 0) is 17.7 Å². The smallest absolute Gasteiger partial charge is 0.329 e. The molecule has 0 bridgehead atoms. The van der Waals surface area contributed by atoms with E-state index in [0.29, 0.717) is 5.56 Å². The van der Waals surface area contributed by atoms with E-state index in [1.807, 2.05) is 0 Å². The van der Waals surface area contributed by atoms with Crippen molar-refractivity contribution in [1.29, 1.82) is 0 Å². The lowest BCUT2D eigenvalue weighted by molar-refractivity contribution is -0.131. The van der Waals surface area contributed by atoms with Crippen molar-refractivity contribution in [3.63, 3.8) is 0 Å². The largest absolute Gasteiger partial charge is 0.478 e. The summed E-state index contributed by atoms with van der Waals surface area (Å²) in [6.45, 7) is 0. The maximum absolute atomic E-state index is 12.4. The second kappa shape index (κ2) is 4.05. The van der Waals surface area contributed by atoms with Crippen LogP contribution in [0.25, 0.3) is 5.03 Å². The fourth-order valence-electron chi connectivity index (χ4n) is 0.801. The van der Waals surface area contributed by atoms with E-state index in [2.05, 4.69) is 0 Å². The summed E-state index contributed by atoms with van der Waals surface area (Å²) in [5, 5.41) is 8.44. The number of benzene rings is 1. The van der Waals surface area contributed by atoms with Gasteiger partial charge >= 0.3 is 5.97 Å². The maximum atomic E-state index is 12.4. The molecule has 0 radical (unpaired) electrons. The normalized spacial score (nSPS) is 11.4. The number of carbonyl (C=O) groups is 1. The van der Waals surface area contributed by atoms with Crippen LogP contribution >= 0.6 is 11.6 Å². The molecule has 0 aliphatic rings. The van der Waals surface area contributed by atoms with Gasteiger partial charge in [-0.1, -0.05) is 23.7 Å². The van der Waals surface area contributed by atoms with E-state index in [4.69, 9.17) is 16.7 Å². The number of aliphatic carboxylic acids is 1. The van der Waals surface area contributed by atoms with Crippen LogP contribution in [0.1, 0.15) is 5.56 Å². The monoisotopic (exact) mass is 200 g/mol. The summed E-state index contributed by atoms with van der Waals surface area (Å²) >= 11 is 5.61. The lowest BCUT2D eigenvalue weighted by Gasteiger charge is -1.96. The van der Waals surface area contributed by atoms with Crippen LogP contribution in [0.3, 0.4) is 0 Å². The Morgan fingerprint density at radius 3 is 2.38 bits per heavy atom. The van der Waals surface area contributed by atoms with Gasteiger partial charge in [-0.15, -0.1) is 0 Å². The molecule has 0 aromatic heterocycles. The standard InChI is InChI=1S/C9H6ClFO2/c10-8(5-9(12)13)6-1-3-7(11)4-2-6/h1-5H,(H,12,13)/b8-5+. The number of halogens is 2. The van der Waals surface area contributed by atoms with Crippen molar-refractivity contribution in [2.75, 3.05) is 0 Å². The van der Waals surface area contributed by atoms with Crippen LogP contribution in [0, 0.1) is 5.82 Å². The lowest BCUT2D eigenvalue weighted by atomic mass is 10.2. The van der Waals surface area contributed by atoms with E-state index >= 15 is 0 Å². The Morgan fingerprint density at radius 1 is 1.38 bits per heavy atom. The minimum absolute atomic E-state index is 0.0764. The van der Waals surface area contributed by atoms with E-state index in [0.717, 1.165) is 6.08 Å². The molecule has 0 aliphatic carbocycles. The van der Waals surface area contributed by atoms with Gasteiger partial charge in [-0.3, -0.25) is 0 Å². The third-order valence-electron chi connectivity index (χ3n) is 1.37. The Hall–Kier alpha value is -1.35. The van der Waals surface area contributed by atoms with Gasteiger partial charge in [0.15, 0.2) is 0 Å². The number of carboxylic acid groups (broad SMARTS) is 1. The van der Waals surface area contributed by atoms with Crippen molar-refractivity contribution in [3.8, 4) is 0 Å². The van der Waals surface area contributed by atoms with Gasteiger partial charge in [0.05, 0.1) is 5.03 Å². The summed E-state index contributed by atoms with van der Waals surface area (Å²) in [5.41, 5.74) is 0.477. The minimum Gasteiger partial charge on any atom is -0.478 e. The van der Waals surface area contributed by atoms with Crippen LogP contribution in [0.15, 0.2) is 30.3 Å². The fraction of sp³-hybridized carbons (Fsp3) is 0. The molecule has 0 heterocycles. The van der Waals surface area contributed by atoms with E-state index in [1.165, 1.54) is 24.3 Å². The minimum atomic E-state index is -1.13. The molecule has 0 amide bonds. The predicted octanol–water partition coefficient (Wildman–Crippen LogP) is 2.49. The summed E-state index contributed by atoms with van der Waals surface area (Å²) in [5.74, 6) is -1.52. The van der Waals surface area contributed by atoms with Crippen LogP contribution in [0.4, 0.5) is 4.39 Å². The zero-order chi connectivity index (χ0) is 9.84. The molecule has 0 spiro atoms. The van der Waals surface area contributed by atoms with Crippen LogP contribution in [-0.2, 0) is 4.79 Å². The molecule has 2 nitrogen and oxygen atoms in total. The molecule has 1 N–H and O–H groups in total. The van der Waals surface area contributed by atoms with Crippen LogP contribution in [0.2, 0.25) is 0 Å². The molecule has 0 atom stereocenters. The Balaban J connectivity index is 2.96. The molecule has 4 heteroatoms. The molecule has 13 heavy (non-hydrogen) atoms. The molecule has 0 unspecified atom stereocenters. The van der Waals surface area contributed by atoms with E-state index in [9.17, 15) is 9.18 Å². The maximum Gasteiger partial charge on any atom is 0.329 e. The zero-order valence-corrected chi connectivity index (χ0v) is 7.25. The SMILES string of the molecule is O=C(O)/C=C(/Cl)c1ccc(F)cc1. The molecule has 0 saturated heterocycles. The van der Waals surface area contributed by atoms with E-state index in [-0.39, 0.29) is 10.8 Å². The quantitative estimate of drug-likeness (QED) is 0.745. The van der Waals surface area contributed by atoms with Gasteiger partial charge in [0.25, 0.3) is 0 Å². The van der Waals surface area contributed by atoms with Crippen LogP contribution in [0.5, 0.6) is 0 Å². The molecule has 0 aliphatic heterocycles. The summed E-state index contributed by atoms with van der Waals surface area (Å²) in [4.78, 5) is 10.2. The van der Waals surface area contributed by atoms with Crippen LogP contribution < -0.4 is 0 Å². The van der Waals surface area contributed by atoms with Gasteiger partial charge < -0.3 is 5.11 Å². The molecule has 1 rings (SSSR count). The highest BCUT2D eigenvalue weighted by Crippen LogP contribution is 2.18. The predicted molar refractivity (Wildman–Crippen MR) is 47.9 cm³/mol. The van der Waals surface area contributed by atoms with Crippen LogP contribution in [-0.4, -0.2) is 11.1 Å². The van der Waals surface area contributed by atoms with Gasteiger partial charge in [-0.2, -0.15) is 0 Å². The molecule has 0 saturated carbocycles. The Bertz CT molecular complexity index is 343. The van der Waals surface area contributed by atoms with E-state index < -0.39 is 5.97 Å². The van der Waals surface area contributed by atoms with Crippen molar-refractivity contribution in [2.45, 2.75) is 0 Å². The lowest BCUT2D eigenvalue weighted by Crippen LogP contribution is -1.88. The highest BCUT2D eigenvalue weighted by atomic mass is 35.5. The molecule has 0 fully saturated rings. The molecular formula is C9H6ClFO2. The number of hydrogen-bond acceptors (Lipinski definition) is 1. The Morgan fingerprint density at radius 2 is 1.92 bits per heavy atom. The van der Waals surface area contributed by atoms with Crippen molar-refractivity contribution in [2.24, 2.45) is 0 Å². The first-order chi connectivity index (χ1) is 6.09. The second-order valence-electron chi connectivity index (χ2n) is 2.34. The Labute approximate surface area is 79.3 Å². The average Bonchev–Trinajstić information content (AvgIpc) is 2.04. The molecule has 1 aromatic rings. The Kier molecular flexibility index (Phi) is 3.03. The second-order valence-corrected chi connectivity index (χ2v) is 2.74. The first-order valence-electron chi connectivity index (χ1n) is 3.45. The number of rotatable bonds is 2. The van der Waals surface area contributed by atoms with Gasteiger partial charge in [0.1, 0.15) is 5.82 Å². The first-order valence-corrected chi connectivity index (χ1v) is 3.83. The van der Waals surface area contributed by atoms with Crippen molar-refractivity contribution in [3.05, 3.63) is 41.7 Å². The summed E-state index contributed by atoms with van der Waals surface area (Å²) < 4.78 is 12.4.